The topological polar surface area (TPSA) is 66.4 Å². The average Bonchev–Trinajstić information content (AvgIpc) is 3.16. The van der Waals surface area contributed by atoms with Gasteiger partial charge in [-0.15, -0.1) is 0 Å². The predicted octanol–water partition coefficient (Wildman–Crippen LogP) is 2.93. The molecule has 1 aromatic rings. The first-order valence-electron chi connectivity index (χ1n) is 7.24. The van der Waals surface area contributed by atoms with E-state index in [0.29, 0.717) is 25.2 Å². The molecule has 0 aliphatic heterocycles. The summed E-state index contributed by atoms with van der Waals surface area (Å²) in [6, 6.07) is 7.24. The first-order chi connectivity index (χ1) is 9.60. The van der Waals surface area contributed by atoms with E-state index in [0.717, 1.165) is 24.1 Å². The van der Waals surface area contributed by atoms with Crippen LogP contribution >= 0.6 is 0 Å². The Labute approximate surface area is 118 Å². The smallest absolute Gasteiger partial charge is 0.314 e. The third-order valence-electron chi connectivity index (χ3n) is 4.58. The van der Waals surface area contributed by atoms with Crippen LogP contribution in [0.2, 0.25) is 0 Å². The monoisotopic (exact) mass is 273 g/mol. The van der Waals surface area contributed by atoms with E-state index in [1.807, 2.05) is 12.1 Å². The Bertz CT molecular complexity index is 527. The highest BCUT2D eigenvalue weighted by Gasteiger charge is 2.51. The van der Waals surface area contributed by atoms with Crippen LogP contribution in [0.3, 0.4) is 0 Å². The molecule has 0 radical (unpaired) electrons. The van der Waals surface area contributed by atoms with E-state index < -0.39 is 11.4 Å². The molecule has 0 spiro atoms. The molecule has 4 heteroatoms. The first-order valence-corrected chi connectivity index (χ1v) is 7.24. The molecule has 0 unspecified atom stereocenters. The number of hydrogen-bond acceptors (Lipinski definition) is 2. The van der Waals surface area contributed by atoms with Gasteiger partial charge in [0.25, 0.3) is 0 Å². The molecule has 1 amide bonds. The molecule has 0 saturated heterocycles. The van der Waals surface area contributed by atoms with Crippen LogP contribution in [0.5, 0.6) is 0 Å². The number of amides is 1. The van der Waals surface area contributed by atoms with Crippen molar-refractivity contribution in [1.29, 1.82) is 0 Å². The fourth-order valence-electron chi connectivity index (χ4n) is 2.79. The van der Waals surface area contributed by atoms with E-state index in [-0.39, 0.29) is 5.91 Å². The van der Waals surface area contributed by atoms with Crippen molar-refractivity contribution in [1.82, 2.24) is 0 Å². The quantitative estimate of drug-likeness (QED) is 0.866. The molecular formula is C16H19NO3. The number of carboxylic acids is 1. The first kappa shape index (κ1) is 13.2. The Hall–Kier alpha value is -1.84. The minimum atomic E-state index is -0.751. The van der Waals surface area contributed by atoms with Crippen molar-refractivity contribution in [3.05, 3.63) is 29.8 Å². The van der Waals surface area contributed by atoms with Gasteiger partial charge in [-0.1, -0.05) is 18.6 Å². The number of benzene rings is 1. The van der Waals surface area contributed by atoms with Crippen molar-refractivity contribution < 1.29 is 14.7 Å². The van der Waals surface area contributed by atoms with Gasteiger partial charge in [-0.25, -0.2) is 0 Å². The average molecular weight is 273 g/mol. The second-order valence-electron chi connectivity index (χ2n) is 6.01. The molecule has 0 aromatic heterocycles. The zero-order chi connectivity index (χ0) is 14.2. The summed E-state index contributed by atoms with van der Waals surface area (Å²) in [5, 5.41) is 12.1. The van der Waals surface area contributed by atoms with E-state index in [4.69, 9.17) is 0 Å². The van der Waals surface area contributed by atoms with E-state index in [1.165, 1.54) is 6.42 Å². The maximum absolute atomic E-state index is 11.8. The summed E-state index contributed by atoms with van der Waals surface area (Å²) in [6.45, 7) is 0. The van der Waals surface area contributed by atoms with Crippen LogP contribution in [0.15, 0.2) is 24.3 Å². The second kappa shape index (κ2) is 4.93. The van der Waals surface area contributed by atoms with E-state index >= 15 is 0 Å². The zero-order valence-corrected chi connectivity index (χ0v) is 11.4. The molecule has 0 atom stereocenters. The fourth-order valence-corrected chi connectivity index (χ4v) is 2.79. The summed E-state index contributed by atoms with van der Waals surface area (Å²) in [5.74, 6) is -0.142. The summed E-state index contributed by atoms with van der Waals surface area (Å²) in [4.78, 5) is 23.1. The van der Waals surface area contributed by atoms with Gasteiger partial charge in [-0.3, -0.25) is 9.59 Å². The highest BCUT2D eigenvalue weighted by Crippen LogP contribution is 2.48. The normalized spacial score (nSPS) is 20.0. The fraction of sp³-hybridized carbons (Fsp3) is 0.500. The Morgan fingerprint density at radius 3 is 2.30 bits per heavy atom. The molecule has 2 N–H and O–H groups in total. The zero-order valence-electron chi connectivity index (χ0n) is 11.4. The van der Waals surface area contributed by atoms with E-state index in [9.17, 15) is 14.7 Å². The minimum Gasteiger partial charge on any atom is -0.481 e. The SMILES string of the molecule is O=C(CC1CCC1)Nc1ccc(C2(C(=O)O)CC2)cc1. The van der Waals surface area contributed by atoms with Crippen molar-refractivity contribution >= 4 is 17.6 Å². The molecule has 3 rings (SSSR count). The van der Waals surface area contributed by atoms with Crippen molar-refractivity contribution in [2.75, 3.05) is 5.32 Å². The molecule has 2 saturated carbocycles. The predicted molar refractivity (Wildman–Crippen MR) is 75.6 cm³/mol. The largest absolute Gasteiger partial charge is 0.481 e. The Balaban J connectivity index is 1.61. The summed E-state index contributed by atoms with van der Waals surface area (Å²) in [5.41, 5.74) is 0.912. The lowest BCUT2D eigenvalue weighted by Crippen LogP contribution is -2.21. The number of anilines is 1. The lowest BCUT2D eigenvalue weighted by molar-refractivity contribution is -0.140. The molecule has 106 valence electrons. The third-order valence-corrected chi connectivity index (χ3v) is 4.58. The Morgan fingerprint density at radius 2 is 1.85 bits per heavy atom. The van der Waals surface area contributed by atoms with Crippen molar-refractivity contribution in [2.45, 2.75) is 43.9 Å². The Morgan fingerprint density at radius 1 is 1.20 bits per heavy atom. The van der Waals surface area contributed by atoms with Gasteiger partial charge in [0.05, 0.1) is 5.41 Å². The molecular weight excluding hydrogens is 254 g/mol. The lowest BCUT2D eigenvalue weighted by Gasteiger charge is -2.24. The van der Waals surface area contributed by atoms with Gasteiger partial charge < -0.3 is 10.4 Å². The van der Waals surface area contributed by atoms with E-state index in [2.05, 4.69) is 5.32 Å². The number of hydrogen-bond donors (Lipinski definition) is 2. The molecule has 1 aromatic carbocycles. The summed E-state index contributed by atoms with van der Waals surface area (Å²) in [6.07, 6.45) is 5.57. The highest BCUT2D eigenvalue weighted by molar-refractivity contribution is 5.91. The van der Waals surface area contributed by atoms with Crippen LogP contribution in [0.4, 0.5) is 5.69 Å². The van der Waals surface area contributed by atoms with E-state index in [1.54, 1.807) is 12.1 Å². The molecule has 2 aliphatic carbocycles. The summed E-state index contributed by atoms with van der Waals surface area (Å²) < 4.78 is 0. The lowest BCUT2D eigenvalue weighted by atomic mass is 9.83. The van der Waals surface area contributed by atoms with Gasteiger partial charge in [0.1, 0.15) is 0 Å². The van der Waals surface area contributed by atoms with Crippen molar-refractivity contribution in [3.63, 3.8) is 0 Å². The highest BCUT2D eigenvalue weighted by atomic mass is 16.4. The number of carboxylic acid groups (broad SMARTS) is 1. The van der Waals surface area contributed by atoms with Crippen molar-refractivity contribution in [2.24, 2.45) is 5.92 Å². The molecule has 2 fully saturated rings. The molecule has 0 bridgehead atoms. The van der Waals surface area contributed by atoms with Gasteiger partial charge in [-0.05, 0) is 49.3 Å². The number of rotatable bonds is 5. The second-order valence-corrected chi connectivity index (χ2v) is 6.01. The standard InChI is InChI=1S/C16H19NO3/c18-14(10-11-2-1-3-11)17-13-6-4-12(5-7-13)16(8-9-16)15(19)20/h4-7,11H,1-3,8-10H2,(H,17,18)(H,19,20). The number of aliphatic carboxylic acids is 1. The maximum atomic E-state index is 11.8. The van der Waals surface area contributed by atoms with Gasteiger partial charge >= 0.3 is 5.97 Å². The van der Waals surface area contributed by atoms with Crippen LogP contribution in [0.1, 0.15) is 44.1 Å². The summed E-state index contributed by atoms with van der Waals surface area (Å²) >= 11 is 0. The third kappa shape index (κ3) is 2.42. The van der Waals surface area contributed by atoms with Crippen LogP contribution in [-0.2, 0) is 15.0 Å². The number of carbonyl (C=O) groups is 2. The minimum absolute atomic E-state index is 0.0572. The van der Waals surface area contributed by atoms with Crippen LogP contribution in [0, 0.1) is 5.92 Å². The number of nitrogens with one attached hydrogen (secondary N) is 1. The van der Waals surface area contributed by atoms with Crippen LogP contribution < -0.4 is 5.32 Å². The van der Waals surface area contributed by atoms with Gasteiger partial charge in [0.15, 0.2) is 0 Å². The Kier molecular flexibility index (Phi) is 3.24. The summed E-state index contributed by atoms with van der Waals surface area (Å²) in [7, 11) is 0. The van der Waals surface area contributed by atoms with Gasteiger partial charge in [0, 0.05) is 12.1 Å². The molecule has 0 heterocycles. The molecule has 2 aliphatic rings. The maximum Gasteiger partial charge on any atom is 0.314 e. The van der Waals surface area contributed by atoms with Gasteiger partial charge in [0.2, 0.25) is 5.91 Å². The van der Waals surface area contributed by atoms with Crippen LogP contribution in [0.25, 0.3) is 0 Å². The van der Waals surface area contributed by atoms with Crippen LogP contribution in [-0.4, -0.2) is 17.0 Å². The van der Waals surface area contributed by atoms with Crippen molar-refractivity contribution in [3.8, 4) is 0 Å². The molecule has 4 nitrogen and oxygen atoms in total. The molecule has 20 heavy (non-hydrogen) atoms. The number of carbonyl (C=O) groups excluding carboxylic acids is 1. The van der Waals surface area contributed by atoms with Gasteiger partial charge in [-0.2, -0.15) is 0 Å².